The Labute approximate surface area is 77.4 Å². The fraction of sp³-hybridized carbons (Fsp3) is 0.556. The molecular weight excluding hydrogens is 166 g/mol. The standard InChI is InChI=1S/C9H13N3O/c1-4-12-7(3)9(6(2)11-12)8(13)5-10/h8,13H,4H2,1-3H3. The van der Waals surface area contributed by atoms with E-state index in [0.29, 0.717) is 5.56 Å². The van der Waals surface area contributed by atoms with Crippen molar-refractivity contribution in [2.24, 2.45) is 0 Å². The molecule has 0 amide bonds. The van der Waals surface area contributed by atoms with Crippen LogP contribution in [-0.4, -0.2) is 14.9 Å². The lowest BCUT2D eigenvalue weighted by atomic mass is 10.1. The molecule has 1 rings (SSSR count). The van der Waals surface area contributed by atoms with Gasteiger partial charge in [0.2, 0.25) is 0 Å². The van der Waals surface area contributed by atoms with Crippen molar-refractivity contribution in [1.82, 2.24) is 9.78 Å². The van der Waals surface area contributed by atoms with Crippen LogP contribution < -0.4 is 0 Å². The highest BCUT2D eigenvalue weighted by Crippen LogP contribution is 2.20. The zero-order chi connectivity index (χ0) is 10.0. The van der Waals surface area contributed by atoms with Gasteiger partial charge in [0.1, 0.15) is 0 Å². The first kappa shape index (κ1) is 9.75. The average molecular weight is 179 g/mol. The van der Waals surface area contributed by atoms with Gasteiger partial charge in [-0.25, -0.2) is 0 Å². The summed E-state index contributed by atoms with van der Waals surface area (Å²) in [5.41, 5.74) is 2.24. The van der Waals surface area contributed by atoms with E-state index in [2.05, 4.69) is 5.10 Å². The van der Waals surface area contributed by atoms with Crippen molar-refractivity contribution in [3.05, 3.63) is 17.0 Å². The Balaban J connectivity index is 3.22. The SMILES string of the molecule is CCn1nc(C)c(C(O)C#N)c1C. The Hall–Kier alpha value is -1.34. The second-order valence-electron chi connectivity index (χ2n) is 2.93. The predicted octanol–water partition coefficient (Wildman–Crippen LogP) is 1.08. The third kappa shape index (κ3) is 1.56. The highest BCUT2D eigenvalue weighted by atomic mass is 16.3. The molecule has 70 valence electrons. The molecule has 4 heteroatoms. The van der Waals surface area contributed by atoms with Gasteiger partial charge >= 0.3 is 0 Å². The summed E-state index contributed by atoms with van der Waals surface area (Å²) in [5, 5.41) is 22.2. The molecule has 0 saturated carbocycles. The van der Waals surface area contributed by atoms with E-state index < -0.39 is 6.10 Å². The van der Waals surface area contributed by atoms with E-state index in [4.69, 9.17) is 5.26 Å². The summed E-state index contributed by atoms with van der Waals surface area (Å²) >= 11 is 0. The lowest BCUT2D eigenvalue weighted by molar-refractivity contribution is 0.234. The lowest BCUT2D eigenvalue weighted by Crippen LogP contribution is -2.01. The second kappa shape index (κ2) is 3.58. The van der Waals surface area contributed by atoms with Gasteiger partial charge in [0, 0.05) is 17.8 Å². The third-order valence-corrected chi connectivity index (χ3v) is 2.13. The number of nitriles is 1. The molecule has 1 aromatic rings. The molecule has 0 bridgehead atoms. The summed E-state index contributed by atoms with van der Waals surface area (Å²) in [6.45, 7) is 6.39. The maximum Gasteiger partial charge on any atom is 0.169 e. The number of aliphatic hydroxyl groups excluding tert-OH is 1. The number of aromatic nitrogens is 2. The Bertz CT molecular complexity index is 348. The monoisotopic (exact) mass is 179 g/mol. The molecule has 0 aromatic carbocycles. The fourth-order valence-corrected chi connectivity index (χ4v) is 1.48. The molecule has 0 aliphatic rings. The van der Waals surface area contributed by atoms with Gasteiger partial charge in [0.05, 0.1) is 11.8 Å². The molecule has 0 spiro atoms. The average Bonchev–Trinajstić information content (AvgIpc) is 2.40. The van der Waals surface area contributed by atoms with E-state index in [1.165, 1.54) is 0 Å². The topological polar surface area (TPSA) is 61.8 Å². The van der Waals surface area contributed by atoms with Crippen LogP contribution in [0.3, 0.4) is 0 Å². The first-order valence-corrected chi connectivity index (χ1v) is 4.23. The van der Waals surface area contributed by atoms with Crippen molar-refractivity contribution < 1.29 is 5.11 Å². The minimum Gasteiger partial charge on any atom is -0.374 e. The van der Waals surface area contributed by atoms with E-state index in [-0.39, 0.29) is 0 Å². The molecule has 1 N–H and O–H groups in total. The third-order valence-electron chi connectivity index (χ3n) is 2.13. The van der Waals surface area contributed by atoms with Crippen molar-refractivity contribution in [3.63, 3.8) is 0 Å². The van der Waals surface area contributed by atoms with Gasteiger partial charge in [-0.05, 0) is 20.8 Å². The van der Waals surface area contributed by atoms with Crippen LogP contribution in [-0.2, 0) is 6.54 Å². The summed E-state index contributed by atoms with van der Waals surface area (Å²) in [7, 11) is 0. The van der Waals surface area contributed by atoms with Gasteiger partial charge < -0.3 is 5.11 Å². The minimum absolute atomic E-state index is 0.643. The molecular formula is C9H13N3O. The molecule has 0 aliphatic carbocycles. The van der Waals surface area contributed by atoms with E-state index in [0.717, 1.165) is 17.9 Å². The maximum atomic E-state index is 9.39. The zero-order valence-electron chi connectivity index (χ0n) is 8.07. The van der Waals surface area contributed by atoms with E-state index in [1.807, 2.05) is 13.8 Å². The molecule has 4 nitrogen and oxygen atoms in total. The summed E-state index contributed by atoms with van der Waals surface area (Å²) in [6, 6.07) is 1.80. The number of hydrogen-bond acceptors (Lipinski definition) is 3. The van der Waals surface area contributed by atoms with Gasteiger partial charge in [0.15, 0.2) is 6.10 Å². The minimum atomic E-state index is -1.06. The normalized spacial score (nSPS) is 12.5. The van der Waals surface area contributed by atoms with Gasteiger partial charge in [-0.2, -0.15) is 10.4 Å². The van der Waals surface area contributed by atoms with Crippen LogP contribution >= 0.6 is 0 Å². The molecule has 1 unspecified atom stereocenters. The summed E-state index contributed by atoms with van der Waals surface area (Å²) in [5.74, 6) is 0. The van der Waals surface area contributed by atoms with E-state index in [9.17, 15) is 5.11 Å². The Morgan fingerprint density at radius 2 is 2.23 bits per heavy atom. The van der Waals surface area contributed by atoms with Crippen molar-refractivity contribution in [2.75, 3.05) is 0 Å². The maximum absolute atomic E-state index is 9.39. The van der Waals surface area contributed by atoms with E-state index in [1.54, 1.807) is 17.7 Å². The molecule has 0 aliphatic heterocycles. The number of rotatable bonds is 2. The molecule has 0 saturated heterocycles. The predicted molar refractivity (Wildman–Crippen MR) is 47.9 cm³/mol. The molecule has 0 fully saturated rings. The van der Waals surface area contributed by atoms with Gasteiger partial charge in [-0.3, -0.25) is 4.68 Å². The molecule has 1 atom stereocenters. The highest BCUT2D eigenvalue weighted by Gasteiger charge is 2.17. The first-order valence-electron chi connectivity index (χ1n) is 4.23. The van der Waals surface area contributed by atoms with Gasteiger partial charge in [0.25, 0.3) is 0 Å². The summed E-state index contributed by atoms with van der Waals surface area (Å²) < 4.78 is 1.78. The second-order valence-corrected chi connectivity index (χ2v) is 2.93. The van der Waals surface area contributed by atoms with Crippen LogP contribution in [0.15, 0.2) is 0 Å². The van der Waals surface area contributed by atoms with Crippen molar-refractivity contribution in [3.8, 4) is 6.07 Å². The van der Waals surface area contributed by atoms with Crippen LogP contribution in [0.5, 0.6) is 0 Å². The molecule has 1 aromatic heterocycles. The molecule has 1 heterocycles. The zero-order valence-corrected chi connectivity index (χ0v) is 8.07. The van der Waals surface area contributed by atoms with Crippen LogP contribution in [0.1, 0.15) is 30.0 Å². The number of aryl methyl sites for hydroxylation is 2. The Morgan fingerprint density at radius 3 is 2.62 bits per heavy atom. The summed E-state index contributed by atoms with van der Waals surface area (Å²) in [4.78, 5) is 0. The highest BCUT2D eigenvalue weighted by molar-refractivity contribution is 5.30. The smallest absolute Gasteiger partial charge is 0.169 e. The Morgan fingerprint density at radius 1 is 1.62 bits per heavy atom. The fourth-order valence-electron chi connectivity index (χ4n) is 1.48. The summed E-state index contributed by atoms with van der Waals surface area (Å²) in [6.07, 6.45) is -1.06. The van der Waals surface area contributed by atoms with Crippen LogP contribution in [0.25, 0.3) is 0 Å². The molecule has 13 heavy (non-hydrogen) atoms. The number of nitrogens with zero attached hydrogens (tertiary/aromatic N) is 3. The van der Waals surface area contributed by atoms with Crippen molar-refractivity contribution >= 4 is 0 Å². The van der Waals surface area contributed by atoms with Crippen LogP contribution in [0.4, 0.5) is 0 Å². The van der Waals surface area contributed by atoms with Gasteiger partial charge in [-0.1, -0.05) is 0 Å². The van der Waals surface area contributed by atoms with Crippen LogP contribution in [0, 0.1) is 25.2 Å². The Kier molecular flexibility index (Phi) is 2.69. The van der Waals surface area contributed by atoms with Crippen LogP contribution in [0.2, 0.25) is 0 Å². The van der Waals surface area contributed by atoms with Crippen molar-refractivity contribution in [1.29, 1.82) is 5.26 Å². The number of hydrogen-bond donors (Lipinski definition) is 1. The first-order chi connectivity index (χ1) is 6.11. The van der Waals surface area contributed by atoms with E-state index >= 15 is 0 Å². The largest absolute Gasteiger partial charge is 0.374 e. The van der Waals surface area contributed by atoms with Crippen molar-refractivity contribution in [2.45, 2.75) is 33.4 Å². The number of aliphatic hydroxyl groups is 1. The lowest BCUT2D eigenvalue weighted by Gasteiger charge is -2.02. The van der Waals surface area contributed by atoms with Gasteiger partial charge in [-0.15, -0.1) is 0 Å². The molecule has 0 radical (unpaired) electrons. The quantitative estimate of drug-likeness (QED) is 0.691.